The maximum absolute atomic E-state index is 12.1. The van der Waals surface area contributed by atoms with Crippen LogP contribution in [-0.2, 0) is 73.0 Å². The van der Waals surface area contributed by atoms with Gasteiger partial charge in [0.2, 0.25) is 14.2 Å². The Bertz CT molecular complexity index is 4600. The molecule has 15 N–H and O–H groups in total. The molecule has 0 spiro atoms. The van der Waals surface area contributed by atoms with E-state index in [0.29, 0.717) is 11.4 Å². The van der Waals surface area contributed by atoms with Crippen LogP contribution in [0.3, 0.4) is 0 Å². The summed E-state index contributed by atoms with van der Waals surface area (Å²) < 4.78 is 117. The monoisotopic (exact) mass is 1550 g/mol. The molecule has 7 fully saturated rings. The van der Waals surface area contributed by atoms with Crippen molar-refractivity contribution in [3.8, 4) is 0 Å². The van der Waals surface area contributed by atoms with E-state index in [1.165, 1.54) is 59.9 Å². The standard InChI is InChI=1S/C13H18N2O5.C12H16N2O5.C10H15N2O9P.C10H14N2O6.C9H12N2O6.2CH4BOS/c1-6-5-8(16)14-12(17)15(6)11-10-9(7(2)18-11)19-13(3,4)20-10;1-6-8-9(19-12(2,3)18-8)10(17-6)14-5-4-7(15)13-11(14)16;1-4-2-6(13)11-10(16)12(4)9-8(15)7(14)5(21-9)3-20-22(17,18)19;1-4-2-6(14)11-10(17)12(4)9-8(16)7(15)5(3-13)18-9;12-3-4-6(14)7(15)8(17-4)11-2-1-5(13)10-9(11)16;2*1-4(2)3/h5,7,9-11H,1-4H3,(H,14,16,17);4-6,8-10H,1-3H3,(H,13,15,16);2,5,7-9,14-15H,3H2,1H3,(H,11,13,16)(H2,17,18,19);2,5,7-9,13,15-16H,3H2,1H3,(H,11,14,17);1-2,4,6-8,12,14-15H,3H2,(H,10,13,16);2*2H,1H3/t7-,9+,10?,11-;6-,8+,9?,10-;2*5-,7+,8?,9-;4-,6+,7?,8-;;/m11111../s1/i2T;1T;;;;2*2D. The highest BCUT2D eigenvalue weighted by atomic mass is 32.2. The molecule has 7 aliphatic rings. The molecule has 12 heterocycles. The van der Waals surface area contributed by atoms with Gasteiger partial charge in [0.1, 0.15) is 79.4 Å². The van der Waals surface area contributed by atoms with Gasteiger partial charge in [0.05, 0.1) is 32.0 Å². The number of H-pyrrole nitrogens is 5. The van der Waals surface area contributed by atoms with Gasteiger partial charge in [-0.25, -0.2) is 28.5 Å². The molecule has 7 saturated heterocycles. The van der Waals surface area contributed by atoms with Gasteiger partial charge < -0.3 is 93.3 Å². The number of aliphatic hydroxyl groups is 8. The first kappa shape index (κ1) is 79.8. The van der Waals surface area contributed by atoms with E-state index in [4.69, 9.17) is 68.0 Å². The van der Waals surface area contributed by atoms with Gasteiger partial charge in [-0.05, 0) is 86.2 Å². The van der Waals surface area contributed by atoms with E-state index in [-0.39, 0.29) is 19.5 Å². The molecular weight excluding hydrogens is 1460 g/mol. The van der Waals surface area contributed by atoms with E-state index in [9.17, 15) is 91.6 Å². The number of aromatic amines is 5. The lowest BCUT2D eigenvalue weighted by Gasteiger charge is -2.24. The molecule has 0 saturated carbocycles. The SMILES string of the molecule is Cc1cc(=O)[nH]c(=O)n1[C@@H]1O[C@H](CO)[C@H](O)C1O.Cc1cc(=O)[nH]c(=O)n1[C@@H]1O[C@H](COP(=O)(O)O)[C@H](O)C1O.O=c1ccn([C@@H]2O[C@H](CO)[C@H](O)C2O)c(=O)[nH]1.[2H][B]S(C)=O.[2H][B]S(C)=O.[3H]C[C@H]1O[C@@H](n2c(C)cc(=O)[nH]c2=O)C2OC(C)(C)O[C@H]21.[3H]C[C@H]1O[C@@H](n2ccc(=O)[nH]c2=O)C2OC(C)(C)O[C@H]21. The first-order chi connectivity index (χ1) is 50.4. The zero-order chi connectivity index (χ0) is 81.1. The lowest BCUT2D eigenvalue weighted by atomic mass is 10.1. The van der Waals surface area contributed by atoms with Gasteiger partial charge in [-0.2, -0.15) is 0 Å². The number of nitrogens with one attached hydrogen (secondary N) is 5. The van der Waals surface area contributed by atoms with E-state index < -0.39 is 239 Å². The van der Waals surface area contributed by atoms with Crippen LogP contribution in [0.2, 0.25) is 0 Å². The molecule has 5 aromatic heterocycles. The number of rotatable bonds is 12. The molecule has 0 bridgehead atoms. The molecule has 12 rings (SSSR count). The van der Waals surface area contributed by atoms with Gasteiger partial charge in [0.15, 0.2) is 42.7 Å². The van der Waals surface area contributed by atoms with E-state index >= 15 is 0 Å². The number of phosphoric acid groups is 1. The molecular formula is C56H83B2N10O33PS2. The summed E-state index contributed by atoms with van der Waals surface area (Å²) in [6, 6.07) is 5.94. The summed E-state index contributed by atoms with van der Waals surface area (Å²) in [5.74, 6) is -1.57. The molecule has 0 aromatic carbocycles. The van der Waals surface area contributed by atoms with Crippen molar-refractivity contribution in [3.05, 3.63) is 164 Å². The summed E-state index contributed by atoms with van der Waals surface area (Å²) in [5.41, 5.74) is -5.20. The second-order valence-electron chi connectivity index (χ2n) is 24.4. The molecule has 48 heteroatoms. The van der Waals surface area contributed by atoms with E-state index in [2.05, 4.69) is 14.5 Å². The number of ether oxygens (including phenoxy) is 9. The number of hydrogen-bond acceptors (Lipinski definition) is 31. The van der Waals surface area contributed by atoms with Crippen molar-refractivity contribution in [1.82, 2.24) is 47.8 Å². The normalized spacial score (nSPS) is 32.0. The molecule has 7 aliphatic heterocycles. The minimum absolute atomic E-state index is 0.00819. The Morgan fingerprint density at radius 3 is 1.14 bits per heavy atom. The Hall–Kier alpha value is -6.74. The number of fused-ring (bicyclic) bond motifs is 2. The van der Waals surface area contributed by atoms with Crippen LogP contribution in [0.5, 0.6) is 0 Å². The number of hydrogen-bond donors (Lipinski definition) is 15. The minimum Gasteiger partial charge on any atom is -0.394 e. The number of nitrogens with zero attached hydrogens (tertiary/aromatic N) is 5. The van der Waals surface area contributed by atoms with Crippen molar-refractivity contribution in [1.29, 1.82) is 2.67 Å². The molecule has 5 aromatic rings. The van der Waals surface area contributed by atoms with Gasteiger partial charge in [-0.1, -0.05) is 0 Å². The molecule has 22 atom stereocenters. The van der Waals surface area contributed by atoms with Gasteiger partial charge in [0, 0.05) is 75.1 Å². The smallest absolute Gasteiger partial charge is 0.394 e. The Balaban J connectivity index is 0.000000205. The van der Waals surface area contributed by atoms with Crippen molar-refractivity contribution >= 4 is 43.3 Å². The average molecular weight is 1550 g/mol. The number of phosphoric ester groups is 1. The minimum atomic E-state index is -4.77. The van der Waals surface area contributed by atoms with Crippen molar-refractivity contribution in [2.45, 2.75) is 197 Å². The number of aromatic nitrogens is 10. The summed E-state index contributed by atoms with van der Waals surface area (Å²) in [6.45, 7) is 10.1. The summed E-state index contributed by atoms with van der Waals surface area (Å²) in [6.07, 6.45) is -13.9. The highest BCUT2D eigenvalue weighted by Crippen LogP contribution is 2.44. The molecule has 7 unspecified atom stereocenters. The van der Waals surface area contributed by atoms with Gasteiger partial charge >= 0.3 is 36.3 Å². The van der Waals surface area contributed by atoms with Gasteiger partial charge in [-0.15, -0.1) is 0 Å². The summed E-state index contributed by atoms with van der Waals surface area (Å²) in [5, 5.41) is 76.2. The topological polar surface area (TPSA) is 620 Å². The lowest BCUT2D eigenvalue weighted by molar-refractivity contribution is -0.195. The van der Waals surface area contributed by atoms with Crippen LogP contribution in [0, 0.1) is 20.8 Å². The molecule has 104 heavy (non-hydrogen) atoms. The van der Waals surface area contributed by atoms with Crippen LogP contribution in [0.1, 0.15) is 92.5 Å². The third kappa shape index (κ3) is 21.8. The van der Waals surface area contributed by atoms with Gasteiger partial charge in [0.25, 0.3) is 27.8 Å². The zero-order valence-corrected chi connectivity index (χ0v) is 59.2. The maximum atomic E-state index is 12.1. The fraction of sp³-hybridized carbons (Fsp3) is 0.643. The quantitative estimate of drug-likeness (QED) is 0.0407. The highest BCUT2D eigenvalue weighted by molar-refractivity contribution is 8.06. The Morgan fingerprint density at radius 2 is 0.808 bits per heavy atom. The van der Waals surface area contributed by atoms with Gasteiger partial charge in [-0.3, -0.25) is 84.7 Å². The van der Waals surface area contributed by atoms with Crippen LogP contribution < -0.4 is 56.2 Å². The number of aliphatic hydroxyl groups excluding tert-OH is 8. The summed E-state index contributed by atoms with van der Waals surface area (Å²) >= 11 is 0. The van der Waals surface area contributed by atoms with E-state index in [1.54, 1.807) is 34.6 Å². The van der Waals surface area contributed by atoms with Crippen molar-refractivity contribution in [2.24, 2.45) is 0 Å². The summed E-state index contributed by atoms with van der Waals surface area (Å²) in [7, 11) is -5.05. The molecule has 578 valence electrons. The maximum Gasteiger partial charge on any atom is 0.469 e. The molecule has 2 radical (unpaired) electrons. The first-order valence-electron chi connectivity index (χ1n) is 33.2. The highest BCUT2D eigenvalue weighted by Gasteiger charge is 2.56. The molecule has 43 nitrogen and oxygen atoms in total. The first-order valence-corrected chi connectivity index (χ1v) is 35.4. The lowest BCUT2D eigenvalue weighted by Crippen LogP contribution is -2.39. The van der Waals surface area contributed by atoms with Crippen LogP contribution in [-0.4, -0.2) is 259 Å². The molecule has 0 amide bonds. The largest absolute Gasteiger partial charge is 0.469 e. The van der Waals surface area contributed by atoms with Crippen LogP contribution in [0.4, 0.5) is 0 Å². The molecule has 0 aliphatic carbocycles. The number of aryl methyl sites for hydroxylation is 3. The fourth-order valence-electron chi connectivity index (χ4n) is 11.3. The average Bonchev–Trinajstić information content (AvgIpc) is 1.60. The van der Waals surface area contributed by atoms with Crippen molar-refractivity contribution < 1.29 is 114 Å². The fourth-order valence-corrected chi connectivity index (χ4v) is 11.6. The predicted molar refractivity (Wildman–Crippen MR) is 360 cm³/mol. The van der Waals surface area contributed by atoms with Crippen LogP contribution in [0.25, 0.3) is 0 Å². The van der Waals surface area contributed by atoms with E-state index in [1.807, 2.05) is 15.0 Å². The third-order valence-corrected chi connectivity index (χ3v) is 16.0. The Kier molecular flexibility index (Phi) is 27.5. The third-order valence-electron chi connectivity index (χ3n) is 15.5. The Labute approximate surface area is 598 Å². The van der Waals surface area contributed by atoms with Crippen molar-refractivity contribution in [3.63, 3.8) is 0 Å². The second kappa shape index (κ2) is 35.8. The second-order valence-corrected chi connectivity index (χ2v) is 27.7. The Morgan fingerprint density at radius 1 is 0.500 bits per heavy atom. The zero-order valence-electron chi connectivity index (χ0n) is 60.6. The van der Waals surface area contributed by atoms with Crippen molar-refractivity contribution in [2.75, 3.05) is 32.3 Å². The van der Waals surface area contributed by atoms with Crippen LogP contribution >= 0.6 is 7.82 Å². The van der Waals surface area contributed by atoms with Crippen LogP contribution in [0.15, 0.2) is 90.7 Å². The summed E-state index contributed by atoms with van der Waals surface area (Å²) in [4.78, 5) is 142. The predicted octanol–water partition coefficient (Wildman–Crippen LogP) is -9.20. The van der Waals surface area contributed by atoms with E-state index in [0.717, 1.165) is 46.2 Å².